The first-order valence-corrected chi connectivity index (χ1v) is 6.95. The van der Waals surface area contributed by atoms with Crippen LogP contribution in [0.4, 0.5) is 0 Å². The summed E-state index contributed by atoms with van der Waals surface area (Å²) >= 11 is 1.67. The van der Waals surface area contributed by atoms with Crippen molar-refractivity contribution in [2.24, 2.45) is 12.8 Å². The molecule has 0 radical (unpaired) electrons. The van der Waals surface area contributed by atoms with Crippen molar-refractivity contribution in [3.63, 3.8) is 0 Å². The number of nitrogens with zero attached hydrogens (tertiary/aromatic N) is 5. The van der Waals surface area contributed by atoms with Crippen molar-refractivity contribution in [2.45, 2.75) is 37.3 Å². The van der Waals surface area contributed by atoms with Crippen LogP contribution in [0.3, 0.4) is 0 Å². The summed E-state index contributed by atoms with van der Waals surface area (Å²) in [5.74, 6) is 1.70. The smallest absolute Gasteiger partial charge is 0.191 e. The second-order valence-electron chi connectivity index (χ2n) is 4.07. The Morgan fingerprint density at radius 3 is 2.83 bits per heavy atom. The third-order valence-corrected chi connectivity index (χ3v) is 3.59. The van der Waals surface area contributed by atoms with Crippen LogP contribution in [-0.4, -0.2) is 24.5 Å². The topological polar surface area (TPSA) is 74.6 Å². The molecule has 0 fully saturated rings. The third-order valence-electron chi connectivity index (χ3n) is 2.55. The minimum absolute atomic E-state index is 0.431. The fourth-order valence-corrected chi connectivity index (χ4v) is 2.62. The van der Waals surface area contributed by atoms with E-state index >= 15 is 0 Å². The molecule has 0 amide bonds. The molecule has 2 aromatic rings. The summed E-state index contributed by atoms with van der Waals surface area (Å²) in [6, 6.07) is 0. The molecule has 0 aliphatic rings. The van der Waals surface area contributed by atoms with E-state index in [1.807, 2.05) is 19.4 Å². The normalized spacial score (nSPS) is 11.1. The highest BCUT2D eigenvalue weighted by Crippen LogP contribution is 2.21. The Morgan fingerprint density at radius 1 is 1.39 bits per heavy atom. The van der Waals surface area contributed by atoms with E-state index in [1.165, 1.54) is 5.56 Å². The van der Waals surface area contributed by atoms with Crippen molar-refractivity contribution in [3.05, 3.63) is 23.8 Å². The molecular weight excluding hydrogens is 248 g/mol. The van der Waals surface area contributed by atoms with E-state index in [2.05, 4.69) is 26.8 Å². The second kappa shape index (κ2) is 6.01. The van der Waals surface area contributed by atoms with Crippen LogP contribution in [0.1, 0.15) is 24.7 Å². The minimum atomic E-state index is 0.431. The highest BCUT2D eigenvalue weighted by molar-refractivity contribution is 7.98. The highest BCUT2D eigenvalue weighted by Gasteiger charge is 2.11. The molecule has 2 rings (SSSR count). The number of hydrogen-bond acceptors (Lipinski definition) is 5. The molecule has 0 aromatic carbocycles. The van der Waals surface area contributed by atoms with Gasteiger partial charge in [0.25, 0.3) is 0 Å². The SMILES string of the molecule is CCCn1c(CN)nnc1SCc1cnn(C)c1. The van der Waals surface area contributed by atoms with Crippen LogP contribution in [0, 0.1) is 0 Å². The summed E-state index contributed by atoms with van der Waals surface area (Å²) in [7, 11) is 1.92. The van der Waals surface area contributed by atoms with E-state index in [-0.39, 0.29) is 0 Å². The van der Waals surface area contributed by atoms with Gasteiger partial charge in [0.2, 0.25) is 0 Å². The van der Waals surface area contributed by atoms with Gasteiger partial charge in [-0.1, -0.05) is 18.7 Å². The van der Waals surface area contributed by atoms with Gasteiger partial charge in [-0.2, -0.15) is 5.10 Å². The molecule has 2 aromatic heterocycles. The first kappa shape index (κ1) is 13.1. The molecule has 98 valence electrons. The van der Waals surface area contributed by atoms with Gasteiger partial charge in [-0.15, -0.1) is 10.2 Å². The maximum Gasteiger partial charge on any atom is 0.191 e. The molecular formula is C11H18N6S. The summed E-state index contributed by atoms with van der Waals surface area (Å²) in [5, 5.41) is 13.4. The molecule has 7 heteroatoms. The average Bonchev–Trinajstić information content (AvgIpc) is 2.94. The Labute approximate surface area is 111 Å². The monoisotopic (exact) mass is 266 g/mol. The zero-order chi connectivity index (χ0) is 13.0. The summed E-state index contributed by atoms with van der Waals surface area (Å²) in [6.45, 7) is 3.48. The van der Waals surface area contributed by atoms with E-state index in [4.69, 9.17) is 5.73 Å². The molecule has 0 saturated carbocycles. The van der Waals surface area contributed by atoms with Crippen molar-refractivity contribution in [2.75, 3.05) is 0 Å². The molecule has 0 atom stereocenters. The summed E-state index contributed by atoms with van der Waals surface area (Å²) in [5.41, 5.74) is 6.84. The van der Waals surface area contributed by atoms with Gasteiger partial charge >= 0.3 is 0 Å². The quantitative estimate of drug-likeness (QED) is 0.794. The maximum atomic E-state index is 5.66. The van der Waals surface area contributed by atoms with Gasteiger partial charge in [-0.05, 0) is 6.42 Å². The predicted molar refractivity (Wildman–Crippen MR) is 71.0 cm³/mol. The Bertz CT molecular complexity index is 503. The minimum Gasteiger partial charge on any atom is -0.324 e. The fraction of sp³-hybridized carbons (Fsp3) is 0.545. The van der Waals surface area contributed by atoms with Crippen molar-refractivity contribution >= 4 is 11.8 Å². The Morgan fingerprint density at radius 2 is 2.22 bits per heavy atom. The number of hydrogen-bond donors (Lipinski definition) is 1. The highest BCUT2D eigenvalue weighted by atomic mass is 32.2. The number of nitrogens with two attached hydrogens (primary N) is 1. The zero-order valence-electron chi connectivity index (χ0n) is 10.7. The van der Waals surface area contributed by atoms with Gasteiger partial charge in [0, 0.05) is 31.1 Å². The zero-order valence-corrected chi connectivity index (χ0v) is 11.5. The van der Waals surface area contributed by atoms with Crippen LogP contribution in [-0.2, 0) is 25.9 Å². The lowest BCUT2D eigenvalue weighted by Crippen LogP contribution is -2.09. The van der Waals surface area contributed by atoms with Gasteiger partial charge in [0.05, 0.1) is 12.7 Å². The third kappa shape index (κ3) is 2.91. The second-order valence-corrected chi connectivity index (χ2v) is 5.01. The molecule has 2 N–H and O–H groups in total. The van der Waals surface area contributed by atoms with Crippen molar-refractivity contribution < 1.29 is 0 Å². The number of thioether (sulfide) groups is 1. The van der Waals surface area contributed by atoms with Gasteiger partial charge in [-0.25, -0.2) is 0 Å². The number of rotatable bonds is 6. The Hall–Kier alpha value is -1.34. The lowest BCUT2D eigenvalue weighted by molar-refractivity contribution is 0.592. The van der Waals surface area contributed by atoms with Crippen LogP contribution in [0.15, 0.2) is 17.6 Å². The molecule has 18 heavy (non-hydrogen) atoms. The Kier molecular flexibility index (Phi) is 4.38. The summed E-state index contributed by atoms with van der Waals surface area (Å²) in [4.78, 5) is 0. The molecule has 0 saturated heterocycles. The fourth-order valence-electron chi connectivity index (χ4n) is 1.72. The lowest BCUT2D eigenvalue weighted by atomic mass is 10.4. The first-order chi connectivity index (χ1) is 8.74. The summed E-state index contributed by atoms with van der Waals surface area (Å²) < 4.78 is 3.90. The predicted octanol–water partition coefficient (Wildman–Crippen LogP) is 1.17. The van der Waals surface area contributed by atoms with Crippen LogP contribution in [0.2, 0.25) is 0 Å². The van der Waals surface area contributed by atoms with Crippen molar-refractivity contribution in [3.8, 4) is 0 Å². The first-order valence-electron chi connectivity index (χ1n) is 5.97. The van der Waals surface area contributed by atoms with Gasteiger partial charge in [0.1, 0.15) is 5.82 Å². The molecule has 6 nitrogen and oxygen atoms in total. The number of aryl methyl sites for hydroxylation is 1. The van der Waals surface area contributed by atoms with Crippen LogP contribution in [0.25, 0.3) is 0 Å². The van der Waals surface area contributed by atoms with Crippen LogP contribution < -0.4 is 5.73 Å². The van der Waals surface area contributed by atoms with Gasteiger partial charge in [-0.3, -0.25) is 4.68 Å². The summed E-state index contributed by atoms with van der Waals surface area (Å²) in [6.07, 6.45) is 4.93. The van der Waals surface area contributed by atoms with Crippen LogP contribution >= 0.6 is 11.8 Å². The standard InChI is InChI=1S/C11H18N6S/c1-3-4-17-10(5-12)14-15-11(17)18-8-9-6-13-16(2)7-9/h6-7H,3-5,8,12H2,1-2H3. The average molecular weight is 266 g/mol. The van der Waals surface area contributed by atoms with E-state index in [0.717, 1.165) is 29.7 Å². The van der Waals surface area contributed by atoms with E-state index in [0.29, 0.717) is 6.54 Å². The molecule has 0 spiro atoms. The Balaban J connectivity index is 2.06. The van der Waals surface area contributed by atoms with E-state index in [9.17, 15) is 0 Å². The van der Waals surface area contributed by atoms with Crippen molar-refractivity contribution in [1.29, 1.82) is 0 Å². The van der Waals surface area contributed by atoms with E-state index in [1.54, 1.807) is 16.4 Å². The van der Waals surface area contributed by atoms with E-state index < -0.39 is 0 Å². The van der Waals surface area contributed by atoms with Crippen molar-refractivity contribution in [1.82, 2.24) is 24.5 Å². The van der Waals surface area contributed by atoms with Gasteiger partial charge in [0.15, 0.2) is 5.16 Å². The maximum absolute atomic E-state index is 5.66. The molecule has 0 aliphatic carbocycles. The largest absolute Gasteiger partial charge is 0.324 e. The van der Waals surface area contributed by atoms with Crippen LogP contribution in [0.5, 0.6) is 0 Å². The molecule has 0 aliphatic heterocycles. The molecule has 0 bridgehead atoms. The molecule has 2 heterocycles. The molecule has 0 unspecified atom stereocenters. The number of aromatic nitrogens is 5. The van der Waals surface area contributed by atoms with Gasteiger partial charge < -0.3 is 10.3 Å². The lowest BCUT2D eigenvalue weighted by Gasteiger charge is -2.06.